The van der Waals surface area contributed by atoms with Crippen LogP contribution in [0.2, 0.25) is 0 Å². The number of rotatable bonds is 6. The number of nitrogens with zero attached hydrogens (tertiary/aromatic N) is 3. The first-order chi connectivity index (χ1) is 13.5. The molecule has 0 spiro atoms. The molecule has 1 unspecified atom stereocenters. The van der Waals surface area contributed by atoms with Crippen LogP contribution in [-0.4, -0.2) is 75.2 Å². The molecule has 2 saturated heterocycles. The lowest BCUT2D eigenvalue weighted by Crippen LogP contribution is -2.47. The van der Waals surface area contributed by atoms with Gasteiger partial charge in [-0.2, -0.15) is 0 Å². The van der Waals surface area contributed by atoms with E-state index < -0.39 is 10.0 Å². The number of benzene rings is 1. The van der Waals surface area contributed by atoms with Crippen molar-refractivity contribution in [3.63, 3.8) is 0 Å². The van der Waals surface area contributed by atoms with Crippen LogP contribution in [0.1, 0.15) is 26.2 Å². The van der Waals surface area contributed by atoms with Crippen molar-refractivity contribution in [2.45, 2.75) is 32.3 Å². The van der Waals surface area contributed by atoms with Gasteiger partial charge in [0.25, 0.3) is 0 Å². The van der Waals surface area contributed by atoms with Gasteiger partial charge in [0.1, 0.15) is 11.9 Å². The first-order valence-corrected chi connectivity index (χ1v) is 12.0. The van der Waals surface area contributed by atoms with Gasteiger partial charge in [0.05, 0.1) is 6.26 Å². The molecule has 2 aliphatic rings. The number of sulfonamides is 1. The van der Waals surface area contributed by atoms with Crippen LogP contribution in [0.15, 0.2) is 35.3 Å². The molecule has 1 aromatic rings. The Morgan fingerprint density at radius 2 is 1.86 bits per heavy atom. The Hall–Kier alpha value is -1.07. The average molecular weight is 536 g/mol. The number of hydrogen-bond donors (Lipinski definition) is 1. The van der Waals surface area contributed by atoms with Gasteiger partial charge in [-0.25, -0.2) is 12.7 Å². The number of nitrogens with one attached hydrogen (secondary N) is 1. The highest BCUT2D eigenvalue weighted by atomic mass is 127. The SMILES string of the molecule is CCNC(=NCC1CCN(S(C)(=O)=O)C1)N1CCC(Oc2ccccc2)CC1.I. The van der Waals surface area contributed by atoms with E-state index in [4.69, 9.17) is 9.73 Å². The molecule has 0 radical (unpaired) electrons. The number of ether oxygens (including phenoxy) is 1. The third kappa shape index (κ3) is 7.29. The maximum Gasteiger partial charge on any atom is 0.211 e. The Morgan fingerprint density at radius 1 is 1.17 bits per heavy atom. The lowest BCUT2D eigenvalue weighted by Gasteiger charge is -2.34. The second-order valence-electron chi connectivity index (χ2n) is 7.59. The first-order valence-electron chi connectivity index (χ1n) is 10.2. The van der Waals surface area contributed by atoms with Crippen molar-refractivity contribution in [1.29, 1.82) is 0 Å². The van der Waals surface area contributed by atoms with Crippen LogP contribution < -0.4 is 10.1 Å². The van der Waals surface area contributed by atoms with E-state index in [0.29, 0.717) is 25.6 Å². The lowest BCUT2D eigenvalue weighted by molar-refractivity contribution is 0.129. The molecule has 164 valence electrons. The molecule has 2 fully saturated rings. The van der Waals surface area contributed by atoms with Gasteiger partial charge < -0.3 is 15.0 Å². The highest BCUT2D eigenvalue weighted by Crippen LogP contribution is 2.21. The Bertz CT molecular complexity index is 752. The van der Waals surface area contributed by atoms with Crippen molar-refractivity contribution in [3.8, 4) is 5.75 Å². The van der Waals surface area contributed by atoms with E-state index in [1.165, 1.54) is 6.26 Å². The molecule has 3 rings (SSSR count). The van der Waals surface area contributed by atoms with Crippen molar-refractivity contribution in [3.05, 3.63) is 30.3 Å². The molecule has 1 atom stereocenters. The summed E-state index contributed by atoms with van der Waals surface area (Å²) in [6, 6.07) is 9.98. The van der Waals surface area contributed by atoms with Crippen molar-refractivity contribution >= 4 is 40.0 Å². The third-order valence-electron chi connectivity index (χ3n) is 5.34. The second kappa shape index (κ2) is 11.4. The van der Waals surface area contributed by atoms with Gasteiger partial charge in [0.2, 0.25) is 10.0 Å². The molecule has 9 heteroatoms. The van der Waals surface area contributed by atoms with Gasteiger partial charge in [-0.05, 0) is 31.4 Å². The fraction of sp³-hybridized carbons (Fsp3) is 0.650. The number of piperidine rings is 1. The quantitative estimate of drug-likeness (QED) is 0.344. The molecule has 0 aromatic heterocycles. The first kappa shape index (κ1) is 24.2. The van der Waals surface area contributed by atoms with Crippen LogP contribution >= 0.6 is 24.0 Å². The summed E-state index contributed by atoms with van der Waals surface area (Å²) < 4.78 is 31.0. The summed E-state index contributed by atoms with van der Waals surface area (Å²) in [6.07, 6.45) is 4.32. The highest BCUT2D eigenvalue weighted by molar-refractivity contribution is 14.0. The Balaban J connectivity index is 0.00000300. The smallest absolute Gasteiger partial charge is 0.211 e. The summed E-state index contributed by atoms with van der Waals surface area (Å²) >= 11 is 0. The largest absolute Gasteiger partial charge is 0.490 e. The van der Waals surface area contributed by atoms with Crippen LogP contribution in [0.4, 0.5) is 0 Å². The van der Waals surface area contributed by atoms with E-state index >= 15 is 0 Å². The number of guanidine groups is 1. The van der Waals surface area contributed by atoms with Crippen molar-refractivity contribution in [2.75, 3.05) is 45.5 Å². The van der Waals surface area contributed by atoms with Crippen LogP contribution in [0.5, 0.6) is 5.75 Å². The van der Waals surface area contributed by atoms with Crippen LogP contribution in [0.3, 0.4) is 0 Å². The third-order valence-corrected chi connectivity index (χ3v) is 6.61. The van der Waals surface area contributed by atoms with E-state index in [1.54, 1.807) is 4.31 Å². The predicted molar refractivity (Wildman–Crippen MR) is 128 cm³/mol. The van der Waals surface area contributed by atoms with E-state index in [9.17, 15) is 8.42 Å². The van der Waals surface area contributed by atoms with Gasteiger partial charge in [-0.15, -0.1) is 24.0 Å². The van der Waals surface area contributed by atoms with E-state index in [2.05, 4.69) is 17.1 Å². The molecule has 1 N–H and O–H groups in total. The summed E-state index contributed by atoms with van der Waals surface area (Å²) in [5, 5.41) is 3.39. The Morgan fingerprint density at radius 3 is 2.45 bits per heavy atom. The molecule has 0 aliphatic carbocycles. The minimum Gasteiger partial charge on any atom is -0.490 e. The van der Waals surface area contributed by atoms with Crippen LogP contribution in [-0.2, 0) is 10.0 Å². The Kier molecular flexibility index (Phi) is 9.48. The minimum atomic E-state index is -3.09. The molecular formula is C20H33IN4O3S. The number of halogens is 1. The maximum absolute atomic E-state index is 11.7. The Labute approximate surface area is 192 Å². The summed E-state index contributed by atoms with van der Waals surface area (Å²) in [5.74, 6) is 2.15. The number of para-hydroxylation sites is 1. The number of aliphatic imine (C=N–C) groups is 1. The van der Waals surface area contributed by atoms with E-state index in [1.807, 2.05) is 30.3 Å². The minimum absolute atomic E-state index is 0. The maximum atomic E-state index is 11.7. The topological polar surface area (TPSA) is 74.2 Å². The zero-order valence-electron chi connectivity index (χ0n) is 17.3. The molecule has 7 nitrogen and oxygen atoms in total. The predicted octanol–water partition coefficient (Wildman–Crippen LogP) is 2.39. The molecule has 2 aliphatic heterocycles. The molecule has 29 heavy (non-hydrogen) atoms. The monoisotopic (exact) mass is 536 g/mol. The molecule has 0 amide bonds. The molecule has 0 bridgehead atoms. The van der Waals surface area contributed by atoms with Crippen LogP contribution in [0.25, 0.3) is 0 Å². The van der Waals surface area contributed by atoms with Gasteiger partial charge in [-0.3, -0.25) is 4.99 Å². The lowest BCUT2D eigenvalue weighted by atomic mass is 10.1. The van der Waals surface area contributed by atoms with Gasteiger partial charge in [-0.1, -0.05) is 18.2 Å². The van der Waals surface area contributed by atoms with Gasteiger partial charge >= 0.3 is 0 Å². The average Bonchev–Trinajstić information content (AvgIpc) is 3.16. The van der Waals surface area contributed by atoms with E-state index in [-0.39, 0.29) is 30.1 Å². The zero-order chi connectivity index (χ0) is 20.0. The normalized spacial score (nSPS) is 21.7. The molecule has 2 heterocycles. The number of hydrogen-bond acceptors (Lipinski definition) is 4. The summed E-state index contributed by atoms with van der Waals surface area (Å²) in [7, 11) is -3.09. The van der Waals surface area contributed by atoms with Crippen molar-refractivity contribution in [1.82, 2.24) is 14.5 Å². The van der Waals surface area contributed by atoms with E-state index in [0.717, 1.165) is 50.6 Å². The zero-order valence-corrected chi connectivity index (χ0v) is 20.4. The van der Waals surface area contributed by atoms with Gasteiger partial charge in [0.15, 0.2) is 5.96 Å². The van der Waals surface area contributed by atoms with Crippen molar-refractivity contribution < 1.29 is 13.2 Å². The molecule has 1 aromatic carbocycles. The fourth-order valence-electron chi connectivity index (χ4n) is 3.77. The standard InChI is InChI=1S/C20H32N4O3S.HI/c1-3-21-20(22-15-17-9-14-24(16-17)28(2,25)26)23-12-10-19(11-13-23)27-18-7-5-4-6-8-18;/h4-8,17,19H,3,9-16H2,1-2H3,(H,21,22);1H. The molecule has 0 saturated carbocycles. The fourth-order valence-corrected chi connectivity index (χ4v) is 4.68. The summed E-state index contributed by atoms with van der Waals surface area (Å²) in [4.78, 5) is 7.10. The van der Waals surface area contributed by atoms with Crippen molar-refractivity contribution in [2.24, 2.45) is 10.9 Å². The molecular weight excluding hydrogens is 503 g/mol. The van der Waals surface area contributed by atoms with Crippen LogP contribution in [0, 0.1) is 5.92 Å². The summed E-state index contributed by atoms with van der Waals surface area (Å²) in [6.45, 7) is 6.55. The van der Waals surface area contributed by atoms with Gasteiger partial charge in [0, 0.05) is 52.1 Å². The highest BCUT2D eigenvalue weighted by Gasteiger charge is 2.29. The summed E-state index contributed by atoms with van der Waals surface area (Å²) in [5.41, 5.74) is 0. The number of likely N-dealkylation sites (tertiary alicyclic amines) is 1. The second-order valence-corrected chi connectivity index (χ2v) is 9.57.